The molecule has 86 valence electrons. The number of carbonyl (C=O) groups excluding carboxylic acids is 1. The number of hydrogen-bond donors (Lipinski definition) is 1. The molecule has 5 heteroatoms. The number of hydrogen-bond acceptors (Lipinski definition) is 5. The van der Waals surface area contributed by atoms with Crippen molar-refractivity contribution in [3.63, 3.8) is 0 Å². The van der Waals surface area contributed by atoms with Gasteiger partial charge in [0.2, 0.25) is 0 Å². The summed E-state index contributed by atoms with van der Waals surface area (Å²) < 4.78 is 14.6. The summed E-state index contributed by atoms with van der Waals surface area (Å²) in [5, 5.41) is 7.33. The molecule has 0 aliphatic heterocycles. The number of carbonyl (C=O) groups is 1. The fourth-order valence-corrected chi connectivity index (χ4v) is 1.28. The highest BCUT2D eigenvalue weighted by atomic mass is 16.5. The Hall–Kier alpha value is -2.04. The minimum absolute atomic E-state index is 0.109. The highest BCUT2D eigenvalue weighted by Gasteiger charge is 2.06. The zero-order valence-electron chi connectivity index (χ0n) is 9.15. The van der Waals surface area contributed by atoms with Gasteiger partial charge in [-0.05, 0) is 17.7 Å². The first-order valence-corrected chi connectivity index (χ1v) is 4.60. The van der Waals surface area contributed by atoms with E-state index in [4.69, 9.17) is 14.9 Å². The molecule has 0 saturated carbocycles. The lowest BCUT2D eigenvalue weighted by molar-refractivity contribution is -0.121. The van der Waals surface area contributed by atoms with Crippen LogP contribution in [-0.4, -0.2) is 26.6 Å². The van der Waals surface area contributed by atoms with Crippen molar-refractivity contribution in [2.45, 2.75) is 6.42 Å². The summed E-state index contributed by atoms with van der Waals surface area (Å²) in [6.07, 6.45) is 0.235. The number of benzene rings is 1. The van der Waals surface area contributed by atoms with Gasteiger partial charge in [-0.15, -0.1) is 0 Å². The van der Waals surface area contributed by atoms with Crippen LogP contribution in [0.25, 0.3) is 0 Å². The molecule has 0 unspecified atom stereocenters. The Morgan fingerprint density at radius 1 is 1.31 bits per heavy atom. The Labute approximate surface area is 93.4 Å². The molecule has 0 bridgehead atoms. The smallest absolute Gasteiger partial charge is 0.299 e. The van der Waals surface area contributed by atoms with Gasteiger partial charge in [-0.2, -0.15) is 0 Å². The largest absolute Gasteiger partial charge is 0.493 e. The van der Waals surface area contributed by atoms with Gasteiger partial charge in [0, 0.05) is 6.42 Å². The molecule has 5 nitrogen and oxygen atoms in total. The Morgan fingerprint density at radius 3 is 2.56 bits per heavy atom. The van der Waals surface area contributed by atoms with Gasteiger partial charge < -0.3 is 14.2 Å². The van der Waals surface area contributed by atoms with E-state index in [0.29, 0.717) is 11.5 Å². The molecule has 1 rings (SSSR count). The van der Waals surface area contributed by atoms with E-state index in [1.54, 1.807) is 25.3 Å². The van der Waals surface area contributed by atoms with Crippen molar-refractivity contribution in [3.05, 3.63) is 23.8 Å². The van der Waals surface area contributed by atoms with Crippen LogP contribution >= 0.6 is 0 Å². The van der Waals surface area contributed by atoms with Crippen LogP contribution in [0.5, 0.6) is 11.5 Å². The summed E-state index contributed by atoms with van der Waals surface area (Å²) in [4.78, 5) is 10.0. The first-order valence-electron chi connectivity index (χ1n) is 4.60. The van der Waals surface area contributed by atoms with Crippen LogP contribution in [0.2, 0.25) is 0 Å². The average Bonchev–Trinajstić information content (AvgIpc) is 2.29. The zero-order valence-corrected chi connectivity index (χ0v) is 9.15. The molecule has 0 spiro atoms. The topological polar surface area (TPSA) is 68.6 Å². The molecule has 0 fully saturated rings. The van der Waals surface area contributed by atoms with Gasteiger partial charge in [0.25, 0.3) is 6.47 Å². The maximum atomic E-state index is 10.0. The lowest BCUT2D eigenvalue weighted by Crippen LogP contribution is -2.05. The molecule has 0 aromatic heterocycles. The van der Waals surface area contributed by atoms with E-state index in [1.807, 2.05) is 0 Å². The predicted octanol–water partition coefficient (Wildman–Crippen LogP) is 1.40. The second-order valence-electron chi connectivity index (χ2n) is 3.00. The van der Waals surface area contributed by atoms with Gasteiger partial charge >= 0.3 is 0 Å². The summed E-state index contributed by atoms with van der Waals surface area (Å²) in [5.74, 6) is 1.09. The molecule has 1 aromatic carbocycles. The first-order chi connectivity index (χ1) is 7.71. The van der Waals surface area contributed by atoms with E-state index < -0.39 is 0 Å². The van der Waals surface area contributed by atoms with Gasteiger partial charge in [-0.1, -0.05) is 6.07 Å². The quantitative estimate of drug-likeness (QED) is 0.465. The summed E-state index contributed by atoms with van der Waals surface area (Å²) >= 11 is 0. The standard InChI is InChI=1S/C11H13NO4/c1-14-9-4-3-8(5-10(9)15-2)6-11(12)16-7-13/h3-5,7,12H,6H2,1-2H3. The molecule has 0 aliphatic rings. The van der Waals surface area contributed by atoms with Crippen LogP contribution < -0.4 is 9.47 Å². The molecule has 16 heavy (non-hydrogen) atoms. The third kappa shape index (κ3) is 2.98. The highest BCUT2D eigenvalue weighted by molar-refractivity contribution is 5.81. The van der Waals surface area contributed by atoms with Crippen molar-refractivity contribution in [3.8, 4) is 11.5 Å². The van der Waals surface area contributed by atoms with E-state index in [-0.39, 0.29) is 18.8 Å². The number of methoxy groups -OCH3 is 2. The Morgan fingerprint density at radius 2 is 2.00 bits per heavy atom. The van der Waals surface area contributed by atoms with Crippen molar-refractivity contribution in [1.82, 2.24) is 0 Å². The Balaban J connectivity index is 2.82. The summed E-state index contributed by atoms with van der Waals surface area (Å²) in [6.45, 7) is 0.239. The van der Waals surface area contributed by atoms with E-state index in [0.717, 1.165) is 5.56 Å². The van der Waals surface area contributed by atoms with Crippen molar-refractivity contribution >= 4 is 12.4 Å². The second kappa shape index (κ2) is 5.75. The van der Waals surface area contributed by atoms with Gasteiger partial charge in [0.05, 0.1) is 14.2 Å². The monoisotopic (exact) mass is 223 g/mol. The zero-order chi connectivity index (χ0) is 12.0. The van der Waals surface area contributed by atoms with Crippen LogP contribution in [0.1, 0.15) is 5.56 Å². The maximum Gasteiger partial charge on any atom is 0.299 e. The molecular weight excluding hydrogens is 210 g/mol. The average molecular weight is 223 g/mol. The van der Waals surface area contributed by atoms with Crippen LogP contribution in [0.4, 0.5) is 0 Å². The predicted molar refractivity (Wildman–Crippen MR) is 58.1 cm³/mol. The SMILES string of the molecule is COc1ccc(CC(=N)OC=O)cc1OC. The third-order valence-corrected chi connectivity index (χ3v) is 2.00. The molecule has 0 amide bonds. The van der Waals surface area contributed by atoms with Gasteiger partial charge in [0.15, 0.2) is 17.4 Å². The molecule has 0 radical (unpaired) electrons. The normalized spacial score (nSPS) is 9.38. The van der Waals surface area contributed by atoms with E-state index in [2.05, 4.69) is 4.74 Å². The Bertz CT molecular complexity index is 390. The van der Waals surface area contributed by atoms with Crippen LogP contribution in [0.15, 0.2) is 18.2 Å². The van der Waals surface area contributed by atoms with Crippen LogP contribution in [-0.2, 0) is 16.0 Å². The summed E-state index contributed by atoms with van der Waals surface area (Å²) in [5.41, 5.74) is 0.810. The lowest BCUT2D eigenvalue weighted by atomic mass is 10.1. The minimum Gasteiger partial charge on any atom is -0.493 e. The van der Waals surface area contributed by atoms with Crippen molar-refractivity contribution in [2.75, 3.05) is 14.2 Å². The van der Waals surface area contributed by atoms with E-state index in [1.165, 1.54) is 7.11 Å². The van der Waals surface area contributed by atoms with E-state index in [9.17, 15) is 4.79 Å². The lowest BCUT2D eigenvalue weighted by Gasteiger charge is -2.09. The van der Waals surface area contributed by atoms with Crippen LogP contribution in [0.3, 0.4) is 0 Å². The van der Waals surface area contributed by atoms with Crippen LogP contribution in [0, 0.1) is 5.41 Å². The third-order valence-electron chi connectivity index (χ3n) is 2.00. The second-order valence-corrected chi connectivity index (χ2v) is 3.00. The molecule has 1 N–H and O–H groups in total. The number of ether oxygens (including phenoxy) is 3. The van der Waals surface area contributed by atoms with Crippen molar-refractivity contribution in [2.24, 2.45) is 0 Å². The fourth-order valence-electron chi connectivity index (χ4n) is 1.28. The molecule has 0 atom stereocenters. The molecule has 1 aromatic rings. The molecule has 0 saturated heterocycles. The first kappa shape index (κ1) is 12.0. The maximum absolute atomic E-state index is 10.0. The van der Waals surface area contributed by atoms with Crippen molar-refractivity contribution < 1.29 is 19.0 Å². The highest BCUT2D eigenvalue weighted by Crippen LogP contribution is 2.27. The van der Waals surface area contributed by atoms with E-state index >= 15 is 0 Å². The summed E-state index contributed by atoms with van der Waals surface area (Å²) in [6, 6.07) is 5.26. The van der Waals surface area contributed by atoms with Gasteiger partial charge in [0.1, 0.15) is 0 Å². The number of nitrogens with one attached hydrogen (secondary N) is 1. The molecule has 0 heterocycles. The molecule has 0 aliphatic carbocycles. The Kier molecular flexibility index (Phi) is 4.32. The minimum atomic E-state index is -0.109. The van der Waals surface area contributed by atoms with Gasteiger partial charge in [-0.25, -0.2) is 0 Å². The number of rotatable bonds is 5. The van der Waals surface area contributed by atoms with Gasteiger partial charge in [-0.3, -0.25) is 10.2 Å². The fraction of sp³-hybridized carbons (Fsp3) is 0.273. The van der Waals surface area contributed by atoms with Crippen molar-refractivity contribution in [1.29, 1.82) is 5.41 Å². The molecular formula is C11H13NO4. The summed E-state index contributed by atoms with van der Waals surface area (Å²) in [7, 11) is 3.09.